The van der Waals surface area contributed by atoms with Crippen molar-refractivity contribution in [3.63, 3.8) is 0 Å². The summed E-state index contributed by atoms with van der Waals surface area (Å²) in [7, 11) is 0. The lowest BCUT2D eigenvalue weighted by Crippen LogP contribution is -1.98. The van der Waals surface area contributed by atoms with Gasteiger partial charge in [0.15, 0.2) is 0 Å². The molecule has 100 valence electrons. The van der Waals surface area contributed by atoms with E-state index < -0.39 is 0 Å². The second kappa shape index (κ2) is 5.38. The number of halogens is 1. The van der Waals surface area contributed by atoms with Crippen molar-refractivity contribution in [3.8, 4) is 0 Å². The molecule has 0 saturated carbocycles. The molecular formula is C15H12FN3S. The van der Waals surface area contributed by atoms with Crippen LogP contribution in [0.15, 0.2) is 53.6 Å². The number of nitrogens with one attached hydrogen (secondary N) is 1. The third-order valence-corrected chi connectivity index (χ3v) is 3.78. The van der Waals surface area contributed by atoms with Crippen LogP contribution in [0, 0.1) is 5.82 Å². The Kier molecular flexibility index (Phi) is 3.43. The summed E-state index contributed by atoms with van der Waals surface area (Å²) in [5.41, 5.74) is 5.61. The van der Waals surface area contributed by atoms with E-state index in [-0.39, 0.29) is 5.82 Å². The van der Waals surface area contributed by atoms with Crippen LogP contribution < -0.4 is 5.43 Å². The first kappa shape index (κ1) is 12.7. The minimum atomic E-state index is -0.253. The van der Waals surface area contributed by atoms with Gasteiger partial charge in [0.05, 0.1) is 15.9 Å². The molecule has 0 saturated heterocycles. The lowest BCUT2D eigenvalue weighted by Gasteiger charge is -2.00. The Morgan fingerprint density at radius 2 is 2.00 bits per heavy atom. The van der Waals surface area contributed by atoms with Gasteiger partial charge in [-0.1, -0.05) is 41.7 Å². The predicted octanol–water partition coefficient (Wildman–Crippen LogP) is 4.27. The number of anilines is 1. The van der Waals surface area contributed by atoms with Gasteiger partial charge in [0, 0.05) is 0 Å². The van der Waals surface area contributed by atoms with Gasteiger partial charge in [-0.2, -0.15) is 5.10 Å². The highest BCUT2D eigenvalue weighted by molar-refractivity contribution is 7.22. The number of thiazole rings is 1. The van der Waals surface area contributed by atoms with Crippen molar-refractivity contribution < 1.29 is 4.39 Å². The molecule has 0 amide bonds. The van der Waals surface area contributed by atoms with Gasteiger partial charge in [-0.25, -0.2) is 9.37 Å². The number of hydrogen-bond acceptors (Lipinski definition) is 4. The molecule has 3 aromatic rings. The molecule has 0 atom stereocenters. The first-order chi connectivity index (χ1) is 9.72. The average molecular weight is 285 g/mol. The maximum absolute atomic E-state index is 13.1. The molecule has 0 bridgehead atoms. The maximum atomic E-state index is 13.1. The number of aromatic nitrogens is 1. The van der Waals surface area contributed by atoms with Gasteiger partial charge in [0.25, 0.3) is 0 Å². The van der Waals surface area contributed by atoms with Gasteiger partial charge >= 0.3 is 0 Å². The fraction of sp³-hybridized carbons (Fsp3) is 0.0667. The van der Waals surface area contributed by atoms with Crippen LogP contribution in [0.2, 0.25) is 0 Å². The number of nitrogens with zero attached hydrogens (tertiary/aromatic N) is 2. The summed E-state index contributed by atoms with van der Waals surface area (Å²) >= 11 is 1.38. The molecule has 20 heavy (non-hydrogen) atoms. The second-order valence-electron chi connectivity index (χ2n) is 4.31. The molecule has 0 unspecified atom stereocenters. The summed E-state index contributed by atoms with van der Waals surface area (Å²) in [5, 5.41) is 4.96. The van der Waals surface area contributed by atoms with Crippen LogP contribution >= 0.6 is 11.3 Å². The molecule has 1 aromatic heterocycles. The normalized spacial score (nSPS) is 11.8. The van der Waals surface area contributed by atoms with Crippen molar-refractivity contribution in [2.45, 2.75) is 6.92 Å². The number of benzene rings is 2. The fourth-order valence-electron chi connectivity index (χ4n) is 1.82. The molecule has 0 spiro atoms. The van der Waals surface area contributed by atoms with E-state index in [0.29, 0.717) is 5.13 Å². The first-order valence-electron chi connectivity index (χ1n) is 6.14. The Morgan fingerprint density at radius 3 is 2.80 bits per heavy atom. The topological polar surface area (TPSA) is 37.3 Å². The Balaban J connectivity index is 1.83. The lowest BCUT2D eigenvalue weighted by atomic mass is 10.1. The van der Waals surface area contributed by atoms with Crippen molar-refractivity contribution in [1.29, 1.82) is 0 Å². The number of fused-ring (bicyclic) bond motifs is 1. The van der Waals surface area contributed by atoms with E-state index in [1.807, 2.05) is 37.3 Å². The predicted molar refractivity (Wildman–Crippen MR) is 81.9 cm³/mol. The zero-order valence-electron chi connectivity index (χ0n) is 10.8. The van der Waals surface area contributed by atoms with E-state index in [1.165, 1.54) is 23.5 Å². The number of hydrogen-bond donors (Lipinski definition) is 1. The molecule has 0 aliphatic rings. The molecule has 1 N–H and O–H groups in total. The van der Waals surface area contributed by atoms with Crippen molar-refractivity contribution in [1.82, 2.24) is 4.98 Å². The quantitative estimate of drug-likeness (QED) is 0.576. The Hall–Kier alpha value is -2.27. The summed E-state index contributed by atoms with van der Waals surface area (Å²) < 4.78 is 13.9. The van der Waals surface area contributed by atoms with Crippen LogP contribution in [0.3, 0.4) is 0 Å². The Labute approximate surface area is 119 Å². The Morgan fingerprint density at radius 1 is 1.20 bits per heavy atom. The molecule has 0 aliphatic carbocycles. The van der Waals surface area contributed by atoms with Crippen molar-refractivity contribution >= 4 is 32.4 Å². The van der Waals surface area contributed by atoms with Crippen LogP contribution in [-0.2, 0) is 0 Å². The smallest absolute Gasteiger partial charge is 0.204 e. The summed E-state index contributed by atoms with van der Waals surface area (Å²) in [4.78, 5) is 4.35. The van der Waals surface area contributed by atoms with E-state index in [2.05, 4.69) is 15.5 Å². The first-order valence-corrected chi connectivity index (χ1v) is 6.96. The number of hydrazone groups is 1. The van der Waals surface area contributed by atoms with E-state index in [0.717, 1.165) is 21.5 Å². The van der Waals surface area contributed by atoms with Gasteiger partial charge in [-0.05, 0) is 30.7 Å². The minimum Gasteiger partial charge on any atom is -0.252 e. The third kappa shape index (κ3) is 2.67. The molecule has 0 radical (unpaired) electrons. The summed E-state index contributed by atoms with van der Waals surface area (Å²) in [6.45, 7) is 1.93. The highest BCUT2D eigenvalue weighted by atomic mass is 32.1. The molecule has 0 aliphatic heterocycles. The monoisotopic (exact) mass is 285 g/mol. The molecule has 2 aromatic carbocycles. The molecule has 3 nitrogen and oxygen atoms in total. The van der Waals surface area contributed by atoms with Crippen LogP contribution in [0.1, 0.15) is 12.5 Å². The fourth-order valence-corrected chi connectivity index (χ4v) is 2.66. The SMILES string of the molecule is C/C(=N/Nc1nc2ccc(F)cc2s1)c1ccccc1. The molecule has 3 rings (SSSR count). The van der Waals surface area contributed by atoms with Crippen LogP contribution in [0.4, 0.5) is 9.52 Å². The van der Waals surface area contributed by atoms with Crippen LogP contribution in [0.5, 0.6) is 0 Å². The van der Waals surface area contributed by atoms with Crippen molar-refractivity contribution in [3.05, 3.63) is 59.9 Å². The minimum absolute atomic E-state index is 0.253. The van der Waals surface area contributed by atoms with Gasteiger partial charge in [0.1, 0.15) is 5.82 Å². The van der Waals surface area contributed by atoms with Crippen LogP contribution in [-0.4, -0.2) is 10.7 Å². The highest BCUT2D eigenvalue weighted by Crippen LogP contribution is 2.26. The summed E-state index contributed by atoms with van der Waals surface area (Å²) in [6, 6.07) is 14.4. The van der Waals surface area contributed by atoms with E-state index >= 15 is 0 Å². The summed E-state index contributed by atoms with van der Waals surface area (Å²) in [6.07, 6.45) is 0. The Bertz CT molecular complexity index is 765. The largest absolute Gasteiger partial charge is 0.252 e. The van der Waals surface area contributed by atoms with Gasteiger partial charge in [-0.15, -0.1) is 0 Å². The molecular weight excluding hydrogens is 273 g/mol. The van der Waals surface area contributed by atoms with Gasteiger partial charge < -0.3 is 0 Å². The molecule has 1 heterocycles. The second-order valence-corrected chi connectivity index (χ2v) is 5.34. The standard InChI is InChI=1S/C15H12FN3S/c1-10(11-5-3-2-4-6-11)18-19-15-17-13-8-7-12(16)9-14(13)20-15/h2-9H,1H3,(H,17,19)/b18-10-. The number of rotatable bonds is 3. The lowest BCUT2D eigenvalue weighted by molar-refractivity contribution is 0.630. The molecule has 5 heteroatoms. The van der Waals surface area contributed by atoms with Crippen molar-refractivity contribution in [2.75, 3.05) is 5.43 Å². The zero-order valence-corrected chi connectivity index (χ0v) is 11.6. The van der Waals surface area contributed by atoms with Crippen molar-refractivity contribution in [2.24, 2.45) is 5.10 Å². The van der Waals surface area contributed by atoms with E-state index in [1.54, 1.807) is 6.07 Å². The average Bonchev–Trinajstić information content (AvgIpc) is 2.87. The highest BCUT2D eigenvalue weighted by Gasteiger charge is 2.04. The van der Waals surface area contributed by atoms with E-state index in [9.17, 15) is 4.39 Å². The summed E-state index contributed by atoms with van der Waals surface area (Å²) in [5.74, 6) is -0.253. The third-order valence-electron chi connectivity index (χ3n) is 2.86. The van der Waals surface area contributed by atoms with Gasteiger partial charge in [0.2, 0.25) is 5.13 Å². The van der Waals surface area contributed by atoms with Gasteiger partial charge in [-0.3, -0.25) is 5.43 Å². The zero-order chi connectivity index (χ0) is 13.9. The maximum Gasteiger partial charge on any atom is 0.204 e. The van der Waals surface area contributed by atoms with E-state index in [4.69, 9.17) is 0 Å². The van der Waals surface area contributed by atoms with Crippen LogP contribution in [0.25, 0.3) is 10.2 Å². The molecule has 0 fully saturated rings.